The number of nitrogens with one attached hydrogen (secondary N) is 2. The summed E-state index contributed by atoms with van der Waals surface area (Å²) in [6.45, 7) is 12.5. The highest BCUT2D eigenvalue weighted by Crippen LogP contribution is 2.18. The Morgan fingerprint density at radius 3 is 2.36 bits per heavy atom. The molecule has 0 saturated carbocycles. The maximum absolute atomic E-state index is 11.8. The maximum atomic E-state index is 11.8. The third kappa shape index (κ3) is 4.84. The van der Waals surface area contributed by atoms with Crippen molar-refractivity contribution in [1.29, 1.82) is 0 Å². The van der Waals surface area contributed by atoms with Crippen LogP contribution in [0.5, 0.6) is 0 Å². The van der Waals surface area contributed by atoms with Gasteiger partial charge in [0.25, 0.3) is 0 Å². The molecule has 1 rings (SSSR count). The molecule has 1 heterocycles. The van der Waals surface area contributed by atoms with Crippen LogP contribution in [0.3, 0.4) is 0 Å². The second-order valence-electron chi connectivity index (χ2n) is 7.23. The number of guanidine groups is 1. The lowest BCUT2D eigenvalue weighted by molar-refractivity contribution is 0.265. The van der Waals surface area contributed by atoms with E-state index in [-0.39, 0.29) is 0 Å². The van der Waals surface area contributed by atoms with Gasteiger partial charge < -0.3 is 10.6 Å². The predicted octanol–water partition coefficient (Wildman–Crippen LogP) is 0.703. The van der Waals surface area contributed by atoms with Crippen LogP contribution in [0.25, 0.3) is 0 Å². The van der Waals surface area contributed by atoms with Crippen molar-refractivity contribution < 1.29 is 8.42 Å². The molecule has 2 N–H and O–H groups in total. The van der Waals surface area contributed by atoms with Crippen LogP contribution < -0.4 is 10.6 Å². The Labute approximate surface area is 135 Å². The van der Waals surface area contributed by atoms with Gasteiger partial charge in [-0.1, -0.05) is 6.92 Å². The first-order valence-electron chi connectivity index (χ1n) is 7.88. The molecule has 0 radical (unpaired) electrons. The van der Waals surface area contributed by atoms with Gasteiger partial charge in [0.15, 0.2) is 15.8 Å². The van der Waals surface area contributed by atoms with Crippen LogP contribution in [-0.4, -0.2) is 69.0 Å². The summed E-state index contributed by atoms with van der Waals surface area (Å²) < 4.78 is 22.7. The van der Waals surface area contributed by atoms with Gasteiger partial charge in [0.1, 0.15) is 0 Å². The van der Waals surface area contributed by atoms with Gasteiger partial charge in [0.2, 0.25) is 0 Å². The molecule has 1 saturated heterocycles. The third-order valence-electron chi connectivity index (χ3n) is 4.60. The Kier molecular flexibility index (Phi) is 6.27. The van der Waals surface area contributed by atoms with Crippen molar-refractivity contribution in [3.8, 4) is 0 Å². The molecule has 22 heavy (non-hydrogen) atoms. The largest absolute Gasteiger partial charge is 0.355 e. The second-order valence-corrected chi connectivity index (χ2v) is 9.88. The monoisotopic (exact) mass is 332 g/mol. The van der Waals surface area contributed by atoms with Crippen LogP contribution in [0.2, 0.25) is 0 Å². The van der Waals surface area contributed by atoms with Gasteiger partial charge in [0, 0.05) is 45.0 Å². The van der Waals surface area contributed by atoms with Crippen molar-refractivity contribution in [3.05, 3.63) is 0 Å². The lowest BCUT2D eigenvalue weighted by atomic mass is 10.1. The normalized spacial score (nSPS) is 24.8. The molecule has 0 spiro atoms. The van der Waals surface area contributed by atoms with Gasteiger partial charge in [-0.15, -0.1) is 0 Å². The summed E-state index contributed by atoms with van der Waals surface area (Å²) in [6, 6.07) is 0.864. The zero-order valence-electron chi connectivity index (χ0n) is 15.0. The van der Waals surface area contributed by atoms with Crippen LogP contribution in [0.4, 0.5) is 0 Å². The fourth-order valence-electron chi connectivity index (χ4n) is 2.41. The number of nitrogens with zero attached hydrogens (tertiary/aromatic N) is 2. The Hall–Kier alpha value is -0.820. The summed E-state index contributed by atoms with van der Waals surface area (Å²) in [6.07, 6.45) is 1.27. The third-order valence-corrected chi connectivity index (χ3v) is 6.75. The van der Waals surface area contributed by atoms with Crippen molar-refractivity contribution in [2.24, 2.45) is 10.9 Å². The lowest BCUT2D eigenvalue weighted by Crippen LogP contribution is -2.51. The fourth-order valence-corrected chi connectivity index (χ4v) is 2.75. The van der Waals surface area contributed by atoms with E-state index in [2.05, 4.69) is 41.3 Å². The van der Waals surface area contributed by atoms with Crippen molar-refractivity contribution in [2.45, 2.75) is 51.4 Å². The van der Waals surface area contributed by atoms with E-state index in [9.17, 15) is 8.42 Å². The highest BCUT2D eigenvalue weighted by Gasteiger charge is 2.33. The number of rotatable bonds is 5. The van der Waals surface area contributed by atoms with Crippen LogP contribution in [0.15, 0.2) is 4.99 Å². The van der Waals surface area contributed by atoms with E-state index in [4.69, 9.17) is 0 Å². The first-order valence-corrected chi connectivity index (χ1v) is 9.78. The van der Waals surface area contributed by atoms with Crippen molar-refractivity contribution in [2.75, 3.05) is 32.9 Å². The summed E-state index contributed by atoms with van der Waals surface area (Å²) in [7, 11) is -1.41. The van der Waals surface area contributed by atoms with E-state index in [1.54, 1.807) is 20.9 Å². The minimum absolute atomic E-state index is 0.329. The van der Waals surface area contributed by atoms with Gasteiger partial charge >= 0.3 is 0 Å². The van der Waals surface area contributed by atoms with E-state index >= 15 is 0 Å². The number of likely N-dealkylation sites (tertiary alicyclic amines) is 1. The first-order chi connectivity index (χ1) is 9.98. The second kappa shape index (κ2) is 7.17. The summed E-state index contributed by atoms with van der Waals surface area (Å²) >= 11 is 0. The molecule has 1 aliphatic rings. The van der Waals surface area contributed by atoms with Gasteiger partial charge in [-0.3, -0.25) is 9.89 Å². The number of sulfone groups is 1. The molecule has 2 atom stereocenters. The molecule has 0 aliphatic carbocycles. The average molecular weight is 333 g/mol. The molecule has 0 amide bonds. The van der Waals surface area contributed by atoms with Gasteiger partial charge in [-0.25, -0.2) is 8.42 Å². The number of hydrogen-bond acceptors (Lipinski definition) is 4. The highest BCUT2D eigenvalue weighted by molar-refractivity contribution is 7.92. The van der Waals surface area contributed by atoms with Crippen LogP contribution in [0.1, 0.15) is 34.6 Å². The molecule has 2 unspecified atom stereocenters. The number of hydrogen-bond donors (Lipinski definition) is 2. The molecule has 130 valence electrons. The zero-order valence-corrected chi connectivity index (χ0v) is 15.8. The topological polar surface area (TPSA) is 73.8 Å². The fraction of sp³-hybridized carbons (Fsp3) is 0.933. The molecule has 1 aliphatic heterocycles. The minimum Gasteiger partial charge on any atom is -0.355 e. The van der Waals surface area contributed by atoms with E-state index in [1.165, 1.54) is 6.26 Å². The van der Waals surface area contributed by atoms with E-state index in [0.29, 0.717) is 30.5 Å². The smallest absolute Gasteiger partial charge is 0.191 e. The summed E-state index contributed by atoms with van der Waals surface area (Å²) in [5.41, 5.74) is 0. The zero-order chi connectivity index (χ0) is 17.1. The molecule has 6 nitrogen and oxygen atoms in total. The summed E-state index contributed by atoms with van der Waals surface area (Å²) in [5.74, 6) is 1.20. The maximum Gasteiger partial charge on any atom is 0.191 e. The Morgan fingerprint density at radius 2 is 1.95 bits per heavy atom. The molecule has 0 aromatic heterocycles. The molecule has 0 bridgehead atoms. The van der Waals surface area contributed by atoms with Gasteiger partial charge in [-0.05, 0) is 33.6 Å². The van der Waals surface area contributed by atoms with E-state index in [1.807, 2.05) is 0 Å². The molecule has 0 aromatic carbocycles. The van der Waals surface area contributed by atoms with Crippen LogP contribution in [-0.2, 0) is 9.84 Å². The van der Waals surface area contributed by atoms with Crippen molar-refractivity contribution >= 4 is 15.8 Å². The van der Waals surface area contributed by atoms with Crippen LogP contribution >= 0.6 is 0 Å². The molecule has 0 aromatic rings. The van der Waals surface area contributed by atoms with E-state index < -0.39 is 14.6 Å². The standard InChI is InChI=1S/C15H32N4O2S/c1-11(2)19-8-12(3)13(9-19)18-14(16-6)17-10-15(4,5)22(7,20)21/h11-13H,8-10H2,1-7H3,(H2,16,17,18). The lowest BCUT2D eigenvalue weighted by Gasteiger charge is -2.26. The molecule has 1 fully saturated rings. The van der Waals surface area contributed by atoms with Crippen LogP contribution in [0, 0.1) is 5.92 Å². The Morgan fingerprint density at radius 1 is 1.36 bits per heavy atom. The van der Waals surface area contributed by atoms with Crippen molar-refractivity contribution in [3.63, 3.8) is 0 Å². The predicted molar refractivity (Wildman–Crippen MR) is 93.1 cm³/mol. The van der Waals surface area contributed by atoms with Gasteiger partial charge in [-0.2, -0.15) is 0 Å². The average Bonchev–Trinajstić information content (AvgIpc) is 2.74. The first kappa shape index (κ1) is 19.2. The molecular weight excluding hydrogens is 300 g/mol. The van der Waals surface area contributed by atoms with Gasteiger partial charge in [0.05, 0.1) is 4.75 Å². The molecule has 7 heteroatoms. The minimum atomic E-state index is -3.12. The quantitative estimate of drug-likeness (QED) is 0.573. The Balaban J connectivity index is 2.61. The molecular formula is C15H32N4O2S. The highest BCUT2D eigenvalue weighted by atomic mass is 32.2. The summed E-state index contributed by atoms with van der Waals surface area (Å²) in [5, 5.41) is 6.58. The Bertz CT molecular complexity index is 500. The SMILES string of the molecule is CN=C(NCC(C)(C)S(C)(=O)=O)NC1CN(C(C)C)CC1C. The van der Waals surface area contributed by atoms with E-state index in [0.717, 1.165) is 13.1 Å². The number of aliphatic imine (C=N–C) groups is 1. The summed E-state index contributed by atoms with van der Waals surface area (Å²) in [4.78, 5) is 6.66. The van der Waals surface area contributed by atoms with Crippen molar-refractivity contribution in [1.82, 2.24) is 15.5 Å².